The van der Waals surface area contributed by atoms with Gasteiger partial charge in [0.05, 0.1) is 0 Å². The van der Waals surface area contributed by atoms with E-state index in [9.17, 15) is 4.79 Å². The topological polar surface area (TPSA) is 76.1 Å². The monoisotopic (exact) mass is 396 g/mol. The Morgan fingerprint density at radius 2 is 2.00 bits per heavy atom. The lowest BCUT2D eigenvalue weighted by Gasteiger charge is -2.23. The summed E-state index contributed by atoms with van der Waals surface area (Å²) in [5, 5.41) is 14.1. The summed E-state index contributed by atoms with van der Waals surface area (Å²) >= 11 is 0. The number of benzene rings is 1. The molecule has 1 amide bonds. The molecule has 1 aromatic heterocycles. The summed E-state index contributed by atoms with van der Waals surface area (Å²) in [5.41, 5.74) is 0.987. The molecule has 2 fully saturated rings. The van der Waals surface area contributed by atoms with Crippen LogP contribution in [0.15, 0.2) is 42.6 Å². The van der Waals surface area contributed by atoms with Crippen LogP contribution in [0.3, 0.4) is 0 Å². The minimum atomic E-state index is 0. The molecule has 4 rings (SSSR count). The van der Waals surface area contributed by atoms with Crippen molar-refractivity contribution in [2.75, 3.05) is 18.4 Å². The van der Waals surface area contributed by atoms with Crippen molar-refractivity contribution in [3.8, 4) is 11.6 Å². The Kier molecular flexibility index (Phi) is 6.81. The molecule has 6 nitrogen and oxygen atoms in total. The van der Waals surface area contributed by atoms with E-state index in [-0.39, 0.29) is 42.1 Å². The number of piperidine rings is 1. The molecular formula is C18H22Cl2N4O2. The van der Waals surface area contributed by atoms with Gasteiger partial charge in [0.1, 0.15) is 5.75 Å². The van der Waals surface area contributed by atoms with E-state index >= 15 is 0 Å². The van der Waals surface area contributed by atoms with Gasteiger partial charge in [-0.05, 0) is 56.0 Å². The van der Waals surface area contributed by atoms with Crippen molar-refractivity contribution in [3.05, 3.63) is 42.6 Å². The maximum absolute atomic E-state index is 12.5. The van der Waals surface area contributed by atoms with Crippen molar-refractivity contribution >= 4 is 36.4 Å². The van der Waals surface area contributed by atoms with E-state index in [2.05, 4.69) is 20.8 Å². The van der Waals surface area contributed by atoms with Gasteiger partial charge < -0.3 is 15.4 Å². The molecule has 1 saturated heterocycles. The lowest BCUT2D eigenvalue weighted by atomic mass is 9.92. The quantitative estimate of drug-likeness (QED) is 0.827. The van der Waals surface area contributed by atoms with Gasteiger partial charge in [0.2, 0.25) is 11.8 Å². The maximum Gasteiger partial charge on any atom is 0.238 e. The zero-order valence-electron chi connectivity index (χ0n) is 14.2. The zero-order chi connectivity index (χ0) is 16.4. The average Bonchev–Trinajstić information content (AvgIpc) is 3.30. The van der Waals surface area contributed by atoms with Crippen LogP contribution in [0.25, 0.3) is 0 Å². The Labute approximate surface area is 164 Å². The predicted octanol–water partition coefficient (Wildman–Crippen LogP) is 3.44. The largest absolute Gasteiger partial charge is 0.437 e. The molecule has 1 aromatic carbocycles. The van der Waals surface area contributed by atoms with Crippen LogP contribution in [0, 0.1) is 11.3 Å². The molecule has 2 aromatic rings. The third-order valence-electron chi connectivity index (χ3n) is 4.98. The molecule has 2 heterocycles. The number of halogens is 2. The van der Waals surface area contributed by atoms with Crippen molar-refractivity contribution in [2.24, 2.45) is 11.3 Å². The van der Waals surface area contributed by atoms with Crippen LogP contribution in [-0.4, -0.2) is 29.2 Å². The first-order valence-electron chi connectivity index (χ1n) is 8.32. The van der Waals surface area contributed by atoms with Gasteiger partial charge in [0, 0.05) is 29.9 Å². The minimum Gasteiger partial charge on any atom is -0.437 e. The van der Waals surface area contributed by atoms with E-state index < -0.39 is 0 Å². The summed E-state index contributed by atoms with van der Waals surface area (Å²) in [5.74, 6) is 1.32. The van der Waals surface area contributed by atoms with Gasteiger partial charge in [0.25, 0.3) is 0 Å². The van der Waals surface area contributed by atoms with Crippen molar-refractivity contribution in [3.63, 3.8) is 0 Å². The number of nitrogens with zero attached hydrogens (tertiary/aromatic N) is 2. The number of hydrogen-bond acceptors (Lipinski definition) is 5. The Bertz CT molecular complexity index is 739. The molecule has 1 spiro atoms. The highest BCUT2D eigenvalue weighted by Crippen LogP contribution is 2.58. The molecule has 26 heavy (non-hydrogen) atoms. The lowest BCUT2D eigenvalue weighted by Crippen LogP contribution is -2.31. The molecule has 140 valence electrons. The Morgan fingerprint density at radius 3 is 2.73 bits per heavy atom. The number of carbonyl (C=O) groups is 1. The second kappa shape index (κ2) is 8.66. The second-order valence-corrected chi connectivity index (χ2v) is 6.55. The fraction of sp³-hybridized carbons (Fsp3) is 0.389. The molecule has 1 saturated carbocycles. The number of aromatic nitrogens is 2. The highest BCUT2D eigenvalue weighted by Gasteiger charge is 2.57. The molecule has 1 atom stereocenters. The lowest BCUT2D eigenvalue weighted by molar-refractivity contribution is -0.118. The van der Waals surface area contributed by atoms with Gasteiger partial charge in [0.15, 0.2) is 0 Å². The minimum absolute atomic E-state index is 0. The van der Waals surface area contributed by atoms with Crippen LogP contribution in [0.4, 0.5) is 5.69 Å². The van der Waals surface area contributed by atoms with Gasteiger partial charge in [-0.15, -0.1) is 29.9 Å². The van der Waals surface area contributed by atoms with Crippen LogP contribution in [0.5, 0.6) is 11.6 Å². The van der Waals surface area contributed by atoms with Gasteiger partial charge in [-0.25, -0.2) is 0 Å². The highest BCUT2D eigenvalue weighted by molar-refractivity contribution is 5.95. The number of ether oxygens (including phenoxy) is 1. The van der Waals surface area contributed by atoms with E-state index in [1.807, 2.05) is 24.3 Å². The SMILES string of the molecule is Cl.Cl.O=C(Nc1cccc(Oc2cccnn2)c1)C1CC12CCNCC2. The van der Waals surface area contributed by atoms with Gasteiger partial charge in [-0.3, -0.25) is 4.79 Å². The third kappa shape index (κ3) is 4.44. The normalized spacial score (nSPS) is 19.6. The van der Waals surface area contributed by atoms with Crippen LogP contribution < -0.4 is 15.4 Å². The van der Waals surface area contributed by atoms with Crippen molar-refractivity contribution in [1.29, 1.82) is 0 Å². The van der Waals surface area contributed by atoms with Crippen molar-refractivity contribution in [1.82, 2.24) is 15.5 Å². The summed E-state index contributed by atoms with van der Waals surface area (Å²) in [6, 6.07) is 10.9. The first-order chi connectivity index (χ1) is 11.8. The number of rotatable bonds is 4. The van der Waals surface area contributed by atoms with Crippen LogP contribution in [-0.2, 0) is 4.79 Å². The Morgan fingerprint density at radius 1 is 1.19 bits per heavy atom. The average molecular weight is 397 g/mol. The molecule has 2 aliphatic rings. The van der Waals surface area contributed by atoms with Gasteiger partial charge in [-0.2, -0.15) is 5.10 Å². The van der Waals surface area contributed by atoms with E-state index in [1.165, 1.54) is 0 Å². The summed E-state index contributed by atoms with van der Waals surface area (Å²) in [4.78, 5) is 12.5. The van der Waals surface area contributed by atoms with E-state index in [1.54, 1.807) is 18.3 Å². The molecule has 1 aliphatic heterocycles. The number of anilines is 1. The molecule has 1 aliphatic carbocycles. The molecular weight excluding hydrogens is 375 g/mol. The summed E-state index contributed by atoms with van der Waals surface area (Å²) < 4.78 is 5.65. The predicted molar refractivity (Wildman–Crippen MR) is 104 cm³/mol. The van der Waals surface area contributed by atoms with Gasteiger partial charge in [-0.1, -0.05) is 6.07 Å². The first-order valence-corrected chi connectivity index (χ1v) is 8.32. The highest BCUT2D eigenvalue weighted by atomic mass is 35.5. The molecule has 8 heteroatoms. The standard InChI is InChI=1S/C18H20N4O2.2ClH/c23-17(15-12-18(15)6-9-19-10-7-18)21-13-3-1-4-14(11-13)24-16-5-2-8-20-22-16;;/h1-5,8,11,15,19H,6-7,9-10,12H2,(H,21,23);2*1H. The summed E-state index contributed by atoms with van der Waals surface area (Å²) in [6.45, 7) is 2.04. The number of nitrogens with one attached hydrogen (secondary N) is 2. The zero-order valence-corrected chi connectivity index (χ0v) is 15.8. The smallest absolute Gasteiger partial charge is 0.238 e. The summed E-state index contributed by atoms with van der Waals surface area (Å²) in [7, 11) is 0. The van der Waals surface area contributed by atoms with E-state index in [0.717, 1.165) is 38.0 Å². The van der Waals surface area contributed by atoms with E-state index in [0.29, 0.717) is 11.6 Å². The fourth-order valence-electron chi connectivity index (χ4n) is 3.52. The molecule has 1 unspecified atom stereocenters. The maximum atomic E-state index is 12.5. The van der Waals surface area contributed by atoms with Crippen LogP contribution in [0.2, 0.25) is 0 Å². The number of carbonyl (C=O) groups excluding carboxylic acids is 1. The van der Waals surface area contributed by atoms with Crippen molar-refractivity contribution in [2.45, 2.75) is 19.3 Å². The van der Waals surface area contributed by atoms with E-state index in [4.69, 9.17) is 4.74 Å². The number of hydrogen-bond donors (Lipinski definition) is 2. The van der Waals surface area contributed by atoms with Crippen molar-refractivity contribution < 1.29 is 9.53 Å². The fourth-order valence-corrected chi connectivity index (χ4v) is 3.52. The third-order valence-corrected chi connectivity index (χ3v) is 4.98. The Balaban J connectivity index is 0.00000121. The molecule has 0 radical (unpaired) electrons. The number of amides is 1. The summed E-state index contributed by atoms with van der Waals surface area (Å²) in [6.07, 6.45) is 4.80. The first kappa shape index (κ1) is 20.4. The molecule has 0 bridgehead atoms. The Hall–Kier alpha value is -1.89. The van der Waals surface area contributed by atoms with Gasteiger partial charge >= 0.3 is 0 Å². The van der Waals surface area contributed by atoms with Crippen LogP contribution in [0.1, 0.15) is 19.3 Å². The molecule has 2 N–H and O–H groups in total. The second-order valence-electron chi connectivity index (χ2n) is 6.55. The van der Waals surface area contributed by atoms with Crippen LogP contribution >= 0.6 is 24.8 Å².